The van der Waals surface area contributed by atoms with Crippen LogP contribution in [0.15, 0.2) is 60.8 Å². The second kappa shape index (κ2) is 4.49. The number of hydrogen-bond donors (Lipinski definition) is 0. The van der Waals surface area contributed by atoms with E-state index in [0.717, 1.165) is 22.4 Å². The second-order valence-corrected chi connectivity index (χ2v) is 4.27. The molecule has 0 fully saturated rings. The zero-order valence-corrected chi connectivity index (χ0v) is 10.1. The predicted molar refractivity (Wildman–Crippen MR) is 73.0 cm³/mol. The molecule has 0 atom stereocenters. The lowest BCUT2D eigenvalue weighted by Crippen LogP contribution is -1.85. The minimum atomic E-state index is 0.810. The number of aryl methyl sites for hydroxylation is 1. The third kappa shape index (κ3) is 2.18. The molecule has 0 N–H and O–H groups in total. The SMILES string of the molecule is Cc1ccc(Oc2ccc3cccnc3c2)cc1. The van der Waals surface area contributed by atoms with Crippen LogP contribution in [0, 0.1) is 6.92 Å². The Morgan fingerprint density at radius 2 is 1.67 bits per heavy atom. The average molecular weight is 235 g/mol. The fourth-order valence-electron chi connectivity index (χ4n) is 1.85. The van der Waals surface area contributed by atoms with Crippen LogP contribution in [0.3, 0.4) is 0 Å². The topological polar surface area (TPSA) is 22.1 Å². The van der Waals surface area contributed by atoms with Gasteiger partial charge in [0.15, 0.2) is 0 Å². The van der Waals surface area contributed by atoms with Crippen LogP contribution in [0.1, 0.15) is 5.56 Å². The summed E-state index contributed by atoms with van der Waals surface area (Å²) in [6.45, 7) is 2.06. The molecular weight excluding hydrogens is 222 g/mol. The van der Waals surface area contributed by atoms with Gasteiger partial charge in [-0.15, -0.1) is 0 Å². The van der Waals surface area contributed by atoms with E-state index in [4.69, 9.17) is 4.74 Å². The zero-order chi connectivity index (χ0) is 12.4. The molecule has 2 heteroatoms. The number of benzene rings is 2. The average Bonchev–Trinajstić information content (AvgIpc) is 2.41. The van der Waals surface area contributed by atoms with Gasteiger partial charge in [0.05, 0.1) is 5.52 Å². The summed E-state index contributed by atoms with van der Waals surface area (Å²) in [7, 11) is 0. The minimum Gasteiger partial charge on any atom is -0.457 e. The van der Waals surface area contributed by atoms with E-state index in [-0.39, 0.29) is 0 Å². The van der Waals surface area contributed by atoms with Crippen LogP contribution in [0.25, 0.3) is 10.9 Å². The molecule has 0 bridgehead atoms. The van der Waals surface area contributed by atoms with Gasteiger partial charge in [-0.25, -0.2) is 0 Å². The van der Waals surface area contributed by atoms with Gasteiger partial charge in [0.2, 0.25) is 0 Å². The third-order valence-corrected chi connectivity index (χ3v) is 2.83. The van der Waals surface area contributed by atoms with E-state index in [2.05, 4.69) is 11.9 Å². The summed E-state index contributed by atoms with van der Waals surface area (Å²) in [6.07, 6.45) is 1.79. The van der Waals surface area contributed by atoms with Gasteiger partial charge in [0, 0.05) is 17.6 Å². The lowest BCUT2D eigenvalue weighted by Gasteiger charge is -2.06. The molecule has 3 aromatic rings. The molecule has 2 aromatic carbocycles. The minimum absolute atomic E-state index is 0.810. The monoisotopic (exact) mass is 235 g/mol. The highest BCUT2D eigenvalue weighted by atomic mass is 16.5. The highest BCUT2D eigenvalue weighted by Gasteiger charge is 1.99. The maximum atomic E-state index is 5.80. The largest absolute Gasteiger partial charge is 0.457 e. The molecule has 1 aromatic heterocycles. The van der Waals surface area contributed by atoms with Crippen LogP contribution >= 0.6 is 0 Å². The number of pyridine rings is 1. The van der Waals surface area contributed by atoms with Crippen LogP contribution in [-0.4, -0.2) is 4.98 Å². The van der Waals surface area contributed by atoms with E-state index < -0.39 is 0 Å². The molecule has 0 radical (unpaired) electrons. The molecule has 0 saturated heterocycles. The highest BCUT2D eigenvalue weighted by molar-refractivity contribution is 5.79. The van der Waals surface area contributed by atoms with Crippen molar-refractivity contribution >= 4 is 10.9 Å². The first kappa shape index (κ1) is 10.8. The molecule has 0 unspecified atom stereocenters. The molecule has 2 nitrogen and oxygen atoms in total. The summed E-state index contributed by atoms with van der Waals surface area (Å²) in [5.74, 6) is 1.65. The third-order valence-electron chi connectivity index (χ3n) is 2.83. The number of hydrogen-bond acceptors (Lipinski definition) is 2. The smallest absolute Gasteiger partial charge is 0.129 e. The van der Waals surface area contributed by atoms with Gasteiger partial charge in [-0.05, 0) is 37.3 Å². The summed E-state index contributed by atoms with van der Waals surface area (Å²) >= 11 is 0. The van der Waals surface area contributed by atoms with E-state index in [1.165, 1.54) is 5.56 Å². The molecule has 0 aliphatic carbocycles. The van der Waals surface area contributed by atoms with Crippen molar-refractivity contribution in [2.75, 3.05) is 0 Å². The molecule has 3 rings (SSSR count). The molecule has 0 saturated carbocycles. The summed E-state index contributed by atoms with van der Waals surface area (Å²) in [5, 5.41) is 1.12. The second-order valence-electron chi connectivity index (χ2n) is 4.27. The van der Waals surface area contributed by atoms with E-state index in [0.29, 0.717) is 0 Å². The summed E-state index contributed by atoms with van der Waals surface area (Å²) in [6, 6.07) is 17.9. The Morgan fingerprint density at radius 3 is 2.50 bits per heavy atom. The first-order valence-corrected chi connectivity index (χ1v) is 5.90. The highest BCUT2D eigenvalue weighted by Crippen LogP contribution is 2.24. The van der Waals surface area contributed by atoms with Crippen LogP contribution < -0.4 is 4.74 Å². The van der Waals surface area contributed by atoms with Crippen molar-refractivity contribution in [3.8, 4) is 11.5 Å². The van der Waals surface area contributed by atoms with E-state index >= 15 is 0 Å². The normalized spacial score (nSPS) is 10.5. The molecule has 0 spiro atoms. The van der Waals surface area contributed by atoms with Crippen molar-refractivity contribution in [3.63, 3.8) is 0 Å². The van der Waals surface area contributed by atoms with Crippen molar-refractivity contribution < 1.29 is 4.74 Å². The standard InChI is InChI=1S/C16H13NO/c1-12-4-7-14(8-5-12)18-15-9-6-13-3-2-10-17-16(13)11-15/h2-11H,1H3. The Morgan fingerprint density at radius 1 is 0.889 bits per heavy atom. The van der Waals surface area contributed by atoms with E-state index in [1.807, 2.05) is 54.6 Å². The van der Waals surface area contributed by atoms with Crippen molar-refractivity contribution in [1.82, 2.24) is 4.98 Å². The molecule has 18 heavy (non-hydrogen) atoms. The maximum absolute atomic E-state index is 5.80. The van der Waals surface area contributed by atoms with Crippen molar-refractivity contribution in [1.29, 1.82) is 0 Å². The summed E-state index contributed by atoms with van der Waals surface area (Å²) in [5.41, 5.74) is 2.17. The van der Waals surface area contributed by atoms with Gasteiger partial charge in [-0.1, -0.05) is 23.8 Å². The first-order chi connectivity index (χ1) is 8.81. The Balaban J connectivity index is 1.92. The van der Waals surface area contributed by atoms with Crippen LogP contribution in [-0.2, 0) is 0 Å². The van der Waals surface area contributed by atoms with Crippen molar-refractivity contribution in [2.24, 2.45) is 0 Å². The molecule has 0 amide bonds. The lowest BCUT2D eigenvalue weighted by atomic mass is 10.2. The van der Waals surface area contributed by atoms with Gasteiger partial charge in [0.1, 0.15) is 11.5 Å². The zero-order valence-electron chi connectivity index (χ0n) is 10.1. The van der Waals surface area contributed by atoms with Gasteiger partial charge in [-0.2, -0.15) is 0 Å². The molecule has 1 heterocycles. The number of rotatable bonds is 2. The predicted octanol–water partition coefficient (Wildman–Crippen LogP) is 4.34. The number of ether oxygens (including phenoxy) is 1. The summed E-state index contributed by atoms with van der Waals surface area (Å²) in [4.78, 5) is 4.32. The molecule has 0 aliphatic rings. The van der Waals surface area contributed by atoms with Gasteiger partial charge >= 0.3 is 0 Å². The van der Waals surface area contributed by atoms with E-state index in [9.17, 15) is 0 Å². The maximum Gasteiger partial charge on any atom is 0.129 e. The van der Waals surface area contributed by atoms with Gasteiger partial charge < -0.3 is 4.74 Å². The Hall–Kier alpha value is -2.35. The van der Waals surface area contributed by atoms with Crippen molar-refractivity contribution in [2.45, 2.75) is 6.92 Å². The Labute approximate surface area is 106 Å². The van der Waals surface area contributed by atoms with Crippen LogP contribution in [0.4, 0.5) is 0 Å². The van der Waals surface area contributed by atoms with Crippen LogP contribution in [0.2, 0.25) is 0 Å². The fraction of sp³-hybridized carbons (Fsp3) is 0.0625. The molecule has 0 aliphatic heterocycles. The number of nitrogens with zero attached hydrogens (tertiary/aromatic N) is 1. The Bertz CT molecular complexity index is 674. The molecule has 88 valence electrons. The van der Waals surface area contributed by atoms with Gasteiger partial charge in [-0.3, -0.25) is 4.98 Å². The fourth-order valence-corrected chi connectivity index (χ4v) is 1.85. The quantitative estimate of drug-likeness (QED) is 0.659. The van der Waals surface area contributed by atoms with Crippen molar-refractivity contribution in [3.05, 3.63) is 66.4 Å². The van der Waals surface area contributed by atoms with Gasteiger partial charge in [0.25, 0.3) is 0 Å². The Kier molecular flexibility index (Phi) is 2.69. The summed E-state index contributed by atoms with van der Waals surface area (Å²) < 4.78 is 5.80. The lowest BCUT2D eigenvalue weighted by molar-refractivity contribution is 0.483. The number of aromatic nitrogens is 1. The first-order valence-electron chi connectivity index (χ1n) is 5.90. The van der Waals surface area contributed by atoms with Crippen LogP contribution in [0.5, 0.6) is 11.5 Å². The van der Waals surface area contributed by atoms with E-state index in [1.54, 1.807) is 6.20 Å². The number of fused-ring (bicyclic) bond motifs is 1. The molecular formula is C16H13NO.